The smallest absolute Gasteiger partial charge is 0.0549 e. The number of hydrogen-bond acceptors (Lipinski definition) is 1. The average Bonchev–Trinajstić information content (AvgIpc) is 2.35. The van der Waals surface area contributed by atoms with Gasteiger partial charge in [-0.05, 0) is 64.7 Å². The molecule has 18 heavy (non-hydrogen) atoms. The maximum Gasteiger partial charge on any atom is 0.0549 e. The summed E-state index contributed by atoms with van der Waals surface area (Å²) in [6, 6.07) is 12.4. The minimum Gasteiger partial charge on any atom is -0.381 e. The van der Waals surface area contributed by atoms with Crippen molar-refractivity contribution in [2.75, 3.05) is 5.32 Å². The van der Waals surface area contributed by atoms with Crippen molar-refractivity contribution in [3.63, 3.8) is 0 Å². The molecule has 94 valence electrons. The molecule has 0 saturated carbocycles. The van der Waals surface area contributed by atoms with E-state index in [-0.39, 0.29) is 0 Å². The Balaban J connectivity index is 2.06. The maximum atomic E-state index is 5.96. The zero-order valence-electron chi connectivity index (χ0n) is 10.4. The van der Waals surface area contributed by atoms with Crippen LogP contribution in [-0.4, -0.2) is 0 Å². The predicted molar refractivity (Wildman–Crippen MR) is 82.4 cm³/mol. The fraction of sp³-hybridized carbons (Fsp3) is 0.200. The lowest BCUT2D eigenvalue weighted by Crippen LogP contribution is -2.00. The van der Waals surface area contributed by atoms with E-state index in [1.165, 1.54) is 16.7 Å². The lowest BCUT2D eigenvalue weighted by atomic mass is 10.1. The fourth-order valence-electron chi connectivity index (χ4n) is 1.72. The molecule has 0 heterocycles. The minimum atomic E-state index is 0.728. The Morgan fingerprint density at radius 2 is 1.83 bits per heavy atom. The summed E-state index contributed by atoms with van der Waals surface area (Å²) in [5.41, 5.74) is 4.99. The molecule has 0 aliphatic carbocycles. The zero-order valence-corrected chi connectivity index (χ0v) is 12.8. The molecule has 0 amide bonds. The summed E-state index contributed by atoms with van der Waals surface area (Å²) in [5, 5.41) is 4.12. The minimum absolute atomic E-state index is 0.728. The monoisotopic (exact) mass is 323 g/mol. The zero-order chi connectivity index (χ0) is 13.1. The van der Waals surface area contributed by atoms with E-state index < -0.39 is 0 Å². The molecule has 0 fully saturated rings. The van der Waals surface area contributed by atoms with E-state index >= 15 is 0 Å². The van der Waals surface area contributed by atoms with Gasteiger partial charge in [-0.2, -0.15) is 0 Å². The number of halogens is 2. The van der Waals surface area contributed by atoms with Crippen molar-refractivity contribution >= 4 is 33.2 Å². The molecular weight excluding hydrogens is 310 g/mol. The Kier molecular flexibility index (Phi) is 4.31. The number of anilines is 1. The van der Waals surface area contributed by atoms with Gasteiger partial charge >= 0.3 is 0 Å². The third kappa shape index (κ3) is 3.27. The highest BCUT2D eigenvalue weighted by Gasteiger charge is 2.00. The SMILES string of the molecule is Cc1ccc(CNc2ccc(Cl)c(Br)c2)cc1C. The van der Waals surface area contributed by atoms with E-state index in [2.05, 4.69) is 53.3 Å². The molecule has 1 N–H and O–H groups in total. The molecule has 0 unspecified atom stereocenters. The molecular formula is C15H15BrClN. The Labute approximate surface area is 121 Å². The summed E-state index contributed by atoms with van der Waals surface area (Å²) in [7, 11) is 0. The molecule has 0 saturated heterocycles. The molecule has 2 aromatic carbocycles. The summed E-state index contributed by atoms with van der Waals surface area (Å²) in [4.78, 5) is 0. The Morgan fingerprint density at radius 3 is 2.50 bits per heavy atom. The summed E-state index contributed by atoms with van der Waals surface area (Å²) < 4.78 is 0.911. The normalized spacial score (nSPS) is 10.4. The van der Waals surface area contributed by atoms with E-state index in [0.29, 0.717) is 0 Å². The second kappa shape index (κ2) is 5.77. The van der Waals surface area contributed by atoms with Gasteiger partial charge in [0.05, 0.1) is 5.02 Å². The molecule has 0 radical (unpaired) electrons. The highest BCUT2D eigenvalue weighted by atomic mass is 79.9. The third-order valence-electron chi connectivity index (χ3n) is 2.99. The van der Waals surface area contributed by atoms with Gasteiger partial charge in [0.15, 0.2) is 0 Å². The topological polar surface area (TPSA) is 12.0 Å². The summed E-state index contributed by atoms with van der Waals surface area (Å²) in [5.74, 6) is 0. The van der Waals surface area contributed by atoms with Gasteiger partial charge in [0.25, 0.3) is 0 Å². The molecule has 2 rings (SSSR count). The van der Waals surface area contributed by atoms with E-state index in [1.807, 2.05) is 18.2 Å². The van der Waals surface area contributed by atoms with Crippen LogP contribution in [0.2, 0.25) is 5.02 Å². The third-order valence-corrected chi connectivity index (χ3v) is 4.20. The number of hydrogen-bond donors (Lipinski definition) is 1. The molecule has 0 aromatic heterocycles. The molecule has 0 aliphatic rings. The first-order valence-corrected chi connectivity index (χ1v) is 6.98. The molecule has 3 heteroatoms. The standard InChI is InChI=1S/C15H15BrClN/c1-10-3-4-12(7-11(10)2)9-18-13-5-6-15(17)14(16)8-13/h3-8,18H,9H2,1-2H3. The molecule has 2 aromatic rings. The summed E-state index contributed by atoms with van der Waals surface area (Å²) in [6.45, 7) is 5.08. The summed E-state index contributed by atoms with van der Waals surface area (Å²) >= 11 is 9.38. The van der Waals surface area contributed by atoms with Gasteiger partial charge in [0.1, 0.15) is 0 Å². The largest absolute Gasteiger partial charge is 0.381 e. The van der Waals surface area contributed by atoms with Gasteiger partial charge < -0.3 is 5.32 Å². The fourth-order valence-corrected chi connectivity index (χ4v) is 2.22. The predicted octanol–water partition coefficient (Wildman–Crippen LogP) is 5.33. The van der Waals surface area contributed by atoms with E-state index in [9.17, 15) is 0 Å². The lowest BCUT2D eigenvalue weighted by Gasteiger charge is -2.09. The van der Waals surface area contributed by atoms with Crippen LogP contribution in [0.1, 0.15) is 16.7 Å². The van der Waals surface area contributed by atoms with Crippen molar-refractivity contribution in [2.45, 2.75) is 20.4 Å². The van der Waals surface area contributed by atoms with Crippen LogP contribution in [0.4, 0.5) is 5.69 Å². The maximum absolute atomic E-state index is 5.96. The first kappa shape index (κ1) is 13.4. The first-order chi connectivity index (χ1) is 8.56. The van der Waals surface area contributed by atoms with Gasteiger partial charge in [0, 0.05) is 16.7 Å². The quantitative estimate of drug-likeness (QED) is 0.804. The highest BCUT2D eigenvalue weighted by Crippen LogP contribution is 2.25. The van der Waals surface area contributed by atoms with Crippen LogP contribution in [0.5, 0.6) is 0 Å². The van der Waals surface area contributed by atoms with Crippen LogP contribution in [0.3, 0.4) is 0 Å². The Bertz CT molecular complexity index is 515. The van der Waals surface area contributed by atoms with Crippen LogP contribution in [-0.2, 0) is 6.54 Å². The number of nitrogens with one attached hydrogen (secondary N) is 1. The van der Waals surface area contributed by atoms with Crippen molar-refractivity contribution in [1.29, 1.82) is 0 Å². The second-order valence-electron chi connectivity index (χ2n) is 4.40. The van der Waals surface area contributed by atoms with Crippen molar-refractivity contribution in [3.05, 3.63) is 62.6 Å². The molecule has 0 spiro atoms. The van der Waals surface area contributed by atoms with E-state index in [0.717, 1.165) is 21.7 Å². The molecule has 0 atom stereocenters. The highest BCUT2D eigenvalue weighted by molar-refractivity contribution is 9.10. The van der Waals surface area contributed by atoms with Crippen molar-refractivity contribution in [3.8, 4) is 0 Å². The van der Waals surface area contributed by atoms with E-state index in [1.54, 1.807) is 0 Å². The van der Waals surface area contributed by atoms with Gasteiger partial charge in [0.2, 0.25) is 0 Å². The Hall–Kier alpha value is -0.990. The summed E-state index contributed by atoms with van der Waals surface area (Å²) in [6.07, 6.45) is 0. The van der Waals surface area contributed by atoms with Gasteiger partial charge in [-0.25, -0.2) is 0 Å². The van der Waals surface area contributed by atoms with Crippen molar-refractivity contribution in [1.82, 2.24) is 0 Å². The molecule has 0 aliphatic heterocycles. The average molecular weight is 325 g/mol. The number of benzene rings is 2. The van der Waals surface area contributed by atoms with Crippen LogP contribution < -0.4 is 5.32 Å². The van der Waals surface area contributed by atoms with Crippen LogP contribution in [0.15, 0.2) is 40.9 Å². The molecule has 1 nitrogen and oxygen atoms in total. The van der Waals surface area contributed by atoms with Crippen LogP contribution in [0, 0.1) is 13.8 Å². The van der Waals surface area contributed by atoms with Gasteiger partial charge in [-0.3, -0.25) is 0 Å². The second-order valence-corrected chi connectivity index (χ2v) is 5.66. The first-order valence-electron chi connectivity index (χ1n) is 5.81. The van der Waals surface area contributed by atoms with Crippen molar-refractivity contribution < 1.29 is 0 Å². The Morgan fingerprint density at radius 1 is 1.06 bits per heavy atom. The molecule has 0 bridgehead atoms. The van der Waals surface area contributed by atoms with Gasteiger partial charge in [-0.1, -0.05) is 29.8 Å². The van der Waals surface area contributed by atoms with Gasteiger partial charge in [-0.15, -0.1) is 0 Å². The van der Waals surface area contributed by atoms with Crippen molar-refractivity contribution in [2.24, 2.45) is 0 Å². The van der Waals surface area contributed by atoms with E-state index in [4.69, 9.17) is 11.6 Å². The van der Waals surface area contributed by atoms with Crippen LogP contribution >= 0.6 is 27.5 Å². The van der Waals surface area contributed by atoms with Crippen LogP contribution in [0.25, 0.3) is 0 Å². The number of aryl methyl sites for hydroxylation is 2. The lowest BCUT2D eigenvalue weighted by molar-refractivity contribution is 1.13. The number of rotatable bonds is 3.